The van der Waals surface area contributed by atoms with E-state index < -0.39 is 0 Å². The van der Waals surface area contributed by atoms with Crippen molar-refractivity contribution in [1.82, 2.24) is 16.0 Å². The summed E-state index contributed by atoms with van der Waals surface area (Å²) in [4.78, 5) is 23.2. The van der Waals surface area contributed by atoms with Crippen molar-refractivity contribution in [2.75, 3.05) is 24.6 Å². The predicted molar refractivity (Wildman–Crippen MR) is 86.5 cm³/mol. The second-order valence-corrected chi connectivity index (χ2v) is 6.06. The van der Waals surface area contributed by atoms with Crippen LogP contribution < -0.4 is 16.0 Å². The normalized spacial score (nSPS) is 19.6. The number of rotatable bonds is 7. The molecular formula is C13H26ClN3O2S. The highest BCUT2D eigenvalue weighted by Crippen LogP contribution is 2.09. The summed E-state index contributed by atoms with van der Waals surface area (Å²) in [7, 11) is 0. The third kappa shape index (κ3) is 8.66. The largest absolute Gasteiger partial charge is 0.356 e. The molecule has 0 bridgehead atoms. The lowest BCUT2D eigenvalue weighted by Crippen LogP contribution is -2.42. The van der Waals surface area contributed by atoms with E-state index in [-0.39, 0.29) is 36.3 Å². The van der Waals surface area contributed by atoms with Crippen molar-refractivity contribution in [3.63, 3.8) is 0 Å². The molecule has 1 aliphatic rings. The molecule has 3 N–H and O–H groups in total. The molecule has 0 aromatic heterocycles. The molecular weight excluding hydrogens is 298 g/mol. The van der Waals surface area contributed by atoms with Crippen molar-refractivity contribution in [3.05, 3.63) is 0 Å². The summed E-state index contributed by atoms with van der Waals surface area (Å²) in [5.41, 5.74) is 0. The fraction of sp³-hybridized carbons (Fsp3) is 0.846. The van der Waals surface area contributed by atoms with Crippen LogP contribution in [0.3, 0.4) is 0 Å². The third-order valence-electron chi connectivity index (χ3n) is 3.12. The number of nitrogens with one attached hydrogen (secondary N) is 3. The van der Waals surface area contributed by atoms with Crippen LogP contribution in [0.4, 0.5) is 0 Å². The van der Waals surface area contributed by atoms with E-state index in [4.69, 9.17) is 0 Å². The first-order valence-corrected chi connectivity index (χ1v) is 8.14. The molecule has 2 unspecified atom stereocenters. The lowest BCUT2D eigenvalue weighted by atomic mass is 10.2. The van der Waals surface area contributed by atoms with Gasteiger partial charge in [-0.1, -0.05) is 6.92 Å². The molecule has 1 fully saturated rings. The highest BCUT2D eigenvalue weighted by molar-refractivity contribution is 7.99. The Morgan fingerprint density at radius 2 is 2.15 bits per heavy atom. The Kier molecular flexibility index (Phi) is 11.0. The van der Waals surface area contributed by atoms with Crippen LogP contribution >= 0.6 is 24.2 Å². The molecule has 1 saturated heterocycles. The third-order valence-corrected chi connectivity index (χ3v) is 4.26. The van der Waals surface area contributed by atoms with Crippen molar-refractivity contribution in [3.8, 4) is 0 Å². The van der Waals surface area contributed by atoms with Gasteiger partial charge in [0.05, 0.1) is 0 Å². The summed E-state index contributed by atoms with van der Waals surface area (Å²) in [6.07, 6.45) is 1.77. The summed E-state index contributed by atoms with van der Waals surface area (Å²) in [5.74, 6) is 2.13. The summed E-state index contributed by atoms with van der Waals surface area (Å²) < 4.78 is 0. The maximum atomic E-state index is 11.7. The first-order chi connectivity index (χ1) is 9.11. The average Bonchev–Trinajstić information content (AvgIpc) is 2.39. The van der Waals surface area contributed by atoms with Crippen LogP contribution in [0.15, 0.2) is 0 Å². The first-order valence-electron chi connectivity index (χ1n) is 6.99. The lowest BCUT2D eigenvalue weighted by molar-refractivity contribution is -0.122. The quantitative estimate of drug-likeness (QED) is 0.652. The molecule has 2 atom stereocenters. The minimum absolute atomic E-state index is 0. The van der Waals surface area contributed by atoms with Crippen molar-refractivity contribution >= 4 is 36.0 Å². The number of halogens is 1. The van der Waals surface area contributed by atoms with Gasteiger partial charge >= 0.3 is 0 Å². The topological polar surface area (TPSA) is 70.2 Å². The van der Waals surface area contributed by atoms with Crippen LogP contribution in [0.1, 0.15) is 33.1 Å². The van der Waals surface area contributed by atoms with E-state index in [9.17, 15) is 9.59 Å². The van der Waals surface area contributed by atoms with Gasteiger partial charge in [0.15, 0.2) is 0 Å². The monoisotopic (exact) mass is 323 g/mol. The number of thioether (sulfide) groups is 1. The summed E-state index contributed by atoms with van der Waals surface area (Å²) in [5, 5.41) is 9.00. The molecule has 0 radical (unpaired) electrons. The molecule has 2 amide bonds. The van der Waals surface area contributed by atoms with Crippen molar-refractivity contribution in [1.29, 1.82) is 0 Å². The zero-order chi connectivity index (χ0) is 14.1. The minimum Gasteiger partial charge on any atom is -0.356 e. The molecule has 118 valence electrons. The highest BCUT2D eigenvalue weighted by atomic mass is 35.5. The molecule has 1 aliphatic heterocycles. The van der Waals surface area contributed by atoms with Crippen molar-refractivity contribution in [2.45, 2.75) is 45.2 Å². The Morgan fingerprint density at radius 1 is 1.40 bits per heavy atom. The Labute approximate surface area is 131 Å². The molecule has 20 heavy (non-hydrogen) atoms. The maximum Gasteiger partial charge on any atom is 0.221 e. The van der Waals surface area contributed by atoms with E-state index in [1.165, 1.54) is 0 Å². The fourth-order valence-corrected chi connectivity index (χ4v) is 2.76. The molecule has 1 rings (SSSR count). The lowest BCUT2D eigenvalue weighted by Gasteiger charge is -2.22. The SMILES string of the molecule is CCC(C)NC(=O)CCNC(=O)CC1CSCCN1.Cl. The smallest absolute Gasteiger partial charge is 0.221 e. The zero-order valence-electron chi connectivity index (χ0n) is 12.2. The van der Waals surface area contributed by atoms with Gasteiger partial charge in [-0.2, -0.15) is 11.8 Å². The molecule has 1 heterocycles. The summed E-state index contributed by atoms with van der Waals surface area (Å²) in [6.45, 7) is 5.39. The van der Waals surface area contributed by atoms with Gasteiger partial charge in [-0.05, 0) is 13.3 Å². The van der Waals surface area contributed by atoms with E-state index >= 15 is 0 Å². The van der Waals surface area contributed by atoms with Gasteiger partial charge in [0.2, 0.25) is 11.8 Å². The summed E-state index contributed by atoms with van der Waals surface area (Å²) in [6, 6.07) is 0.472. The number of amides is 2. The Bertz CT molecular complexity index is 299. The maximum absolute atomic E-state index is 11.7. The highest BCUT2D eigenvalue weighted by Gasteiger charge is 2.16. The fourth-order valence-electron chi connectivity index (χ4n) is 1.81. The van der Waals surface area contributed by atoms with Gasteiger partial charge < -0.3 is 16.0 Å². The standard InChI is InChI=1S/C13H25N3O2S.ClH/c1-3-10(2)16-12(17)4-5-15-13(18)8-11-9-19-7-6-14-11;/h10-11,14H,3-9H2,1-2H3,(H,15,18)(H,16,17);1H. The summed E-state index contributed by atoms with van der Waals surface area (Å²) >= 11 is 1.88. The van der Waals surface area contributed by atoms with Crippen molar-refractivity contribution < 1.29 is 9.59 Å². The van der Waals surface area contributed by atoms with Gasteiger partial charge in [0.1, 0.15) is 0 Å². The second-order valence-electron chi connectivity index (χ2n) is 4.91. The number of carbonyl (C=O) groups is 2. The predicted octanol–water partition coefficient (Wildman–Crippen LogP) is 0.924. The number of hydrogen-bond donors (Lipinski definition) is 3. The van der Waals surface area contributed by atoms with E-state index in [1.54, 1.807) is 0 Å². The van der Waals surface area contributed by atoms with Crippen LogP contribution in [-0.4, -0.2) is 48.5 Å². The van der Waals surface area contributed by atoms with Crippen molar-refractivity contribution in [2.24, 2.45) is 0 Å². The number of carbonyl (C=O) groups excluding carboxylic acids is 2. The van der Waals surface area contributed by atoms with E-state index in [0.717, 1.165) is 24.5 Å². The van der Waals surface area contributed by atoms with E-state index in [1.807, 2.05) is 25.6 Å². The molecule has 0 saturated carbocycles. The molecule has 0 aromatic carbocycles. The molecule has 5 nitrogen and oxygen atoms in total. The Morgan fingerprint density at radius 3 is 2.75 bits per heavy atom. The molecule has 7 heteroatoms. The van der Waals surface area contributed by atoms with Crippen LogP contribution in [0.5, 0.6) is 0 Å². The first kappa shape index (κ1) is 19.5. The Hall–Kier alpha value is -0.460. The second kappa shape index (κ2) is 11.2. The molecule has 0 aliphatic carbocycles. The van der Waals surface area contributed by atoms with Crippen LogP contribution in [0, 0.1) is 0 Å². The minimum atomic E-state index is 0. The van der Waals surface area contributed by atoms with E-state index in [2.05, 4.69) is 16.0 Å². The molecule has 0 spiro atoms. The zero-order valence-corrected chi connectivity index (χ0v) is 13.9. The van der Waals surface area contributed by atoms with Crippen LogP contribution in [0.25, 0.3) is 0 Å². The van der Waals surface area contributed by atoms with Gasteiger partial charge in [0.25, 0.3) is 0 Å². The van der Waals surface area contributed by atoms with Gasteiger partial charge in [-0.25, -0.2) is 0 Å². The number of hydrogen-bond acceptors (Lipinski definition) is 4. The van der Waals surface area contributed by atoms with Crippen LogP contribution in [-0.2, 0) is 9.59 Å². The van der Waals surface area contributed by atoms with Crippen LogP contribution in [0.2, 0.25) is 0 Å². The average molecular weight is 324 g/mol. The van der Waals surface area contributed by atoms with E-state index in [0.29, 0.717) is 19.4 Å². The van der Waals surface area contributed by atoms with Gasteiger partial charge in [-0.3, -0.25) is 9.59 Å². The van der Waals surface area contributed by atoms with Gasteiger partial charge in [0, 0.05) is 49.5 Å². The Balaban J connectivity index is 0.00000361. The van der Waals surface area contributed by atoms with Gasteiger partial charge in [-0.15, -0.1) is 12.4 Å². The molecule has 0 aromatic rings.